The number of hydrogen-bond acceptors (Lipinski definition) is 5. The lowest BCUT2D eigenvalue weighted by molar-refractivity contribution is 0.0973. The molecule has 0 atom stereocenters. The first-order valence-electron chi connectivity index (χ1n) is 4.89. The lowest BCUT2D eigenvalue weighted by Crippen LogP contribution is -2.45. The maximum atomic E-state index is 5.63. The molecular formula is C8H22N2O3Si. The Morgan fingerprint density at radius 2 is 1.64 bits per heavy atom. The van der Waals surface area contributed by atoms with Gasteiger partial charge in [0.25, 0.3) is 0 Å². The van der Waals surface area contributed by atoms with E-state index < -0.39 is 8.80 Å². The summed E-state index contributed by atoms with van der Waals surface area (Å²) in [7, 11) is 0.752. The van der Waals surface area contributed by atoms with Crippen LogP contribution in [-0.4, -0.2) is 42.7 Å². The molecule has 0 fully saturated rings. The van der Waals surface area contributed by atoms with Crippen LogP contribution in [0.1, 0.15) is 12.8 Å². The Kier molecular flexibility index (Phi) is 8.35. The average Bonchev–Trinajstić information content (AvgIpc) is 2.23. The Labute approximate surface area is 87.1 Å². The summed E-state index contributed by atoms with van der Waals surface area (Å²) >= 11 is 0. The second-order valence-corrected chi connectivity index (χ2v) is 5.95. The van der Waals surface area contributed by atoms with Gasteiger partial charge in [0.05, 0.1) is 0 Å². The highest BCUT2D eigenvalue weighted by Crippen LogP contribution is 2.13. The number of unbranched alkanes of at least 4 members (excludes halogenated alkanes) is 1. The van der Waals surface area contributed by atoms with E-state index in [4.69, 9.17) is 24.7 Å². The molecule has 0 spiro atoms. The minimum Gasteiger partial charge on any atom is -0.377 e. The summed E-state index contributed by atoms with van der Waals surface area (Å²) in [6.07, 6.45) is 1.89. The molecule has 0 aromatic rings. The smallest absolute Gasteiger partial charge is 0.377 e. The molecule has 0 aromatic carbocycles. The third kappa shape index (κ3) is 5.04. The van der Waals surface area contributed by atoms with Crippen LogP contribution in [0.15, 0.2) is 0 Å². The fraction of sp³-hybridized carbons (Fsp3) is 1.00. The van der Waals surface area contributed by atoms with Gasteiger partial charge in [0.15, 0.2) is 0 Å². The van der Waals surface area contributed by atoms with Gasteiger partial charge in [0, 0.05) is 26.9 Å². The summed E-state index contributed by atoms with van der Waals surface area (Å²) in [6, 6.07) is 0.655. The molecule has 0 bridgehead atoms. The van der Waals surface area contributed by atoms with Crippen molar-refractivity contribution in [2.24, 2.45) is 11.5 Å². The van der Waals surface area contributed by atoms with Gasteiger partial charge in [0.2, 0.25) is 0 Å². The molecule has 0 amide bonds. The number of hydrogen-bond donors (Lipinski definition) is 2. The predicted molar refractivity (Wildman–Crippen MR) is 57.9 cm³/mol. The molecule has 86 valence electrons. The van der Waals surface area contributed by atoms with Crippen molar-refractivity contribution in [1.82, 2.24) is 0 Å². The lowest BCUT2D eigenvalue weighted by Gasteiger charge is -2.25. The summed E-state index contributed by atoms with van der Waals surface area (Å²) in [6.45, 7) is 1.84. The van der Waals surface area contributed by atoms with Gasteiger partial charge < -0.3 is 24.7 Å². The van der Waals surface area contributed by atoms with Gasteiger partial charge in [-0.3, -0.25) is 0 Å². The second kappa shape index (κ2) is 8.34. The van der Waals surface area contributed by atoms with Crippen LogP contribution in [0.2, 0.25) is 6.04 Å². The molecule has 5 nitrogen and oxygen atoms in total. The van der Waals surface area contributed by atoms with Crippen molar-refractivity contribution in [3.05, 3.63) is 0 Å². The van der Waals surface area contributed by atoms with Gasteiger partial charge in [-0.15, -0.1) is 0 Å². The molecule has 0 heterocycles. The van der Waals surface area contributed by atoms with E-state index in [1.54, 1.807) is 14.2 Å². The van der Waals surface area contributed by atoms with Gasteiger partial charge in [-0.1, -0.05) is 0 Å². The van der Waals surface area contributed by atoms with Crippen molar-refractivity contribution in [3.8, 4) is 0 Å². The maximum absolute atomic E-state index is 5.63. The van der Waals surface area contributed by atoms with Crippen LogP contribution in [0.25, 0.3) is 0 Å². The van der Waals surface area contributed by atoms with Crippen molar-refractivity contribution in [3.63, 3.8) is 0 Å². The molecule has 4 N–H and O–H groups in total. The van der Waals surface area contributed by atoms with Crippen molar-refractivity contribution in [2.45, 2.75) is 18.9 Å². The Balaban J connectivity index is 3.82. The van der Waals surface area contributed by atoms with E-state index in [1.807, 2.05) is 0 Å². The molecule has 0 rings (SSSR count). The van der Waals surface area contributed by atoms with Crippen LogP contribution < -0.4 is 11.5 Å². The number of nitrogens with two attached hydrogens (primary N) is 2. The van der Waals surface area contributed by atoms with E-state index in [1.165, 1.54) is 0 Å². The molecule has 6 heteroatoms. The SMILES string of the molecule is CO[Si](CCN)(OC)OCCCCN. The third-order valence-electron chi connectivity index (χ3n) is 1.99. The maximum Gasteiger partial charge on any atom is 0.501 e. The quantitative estimate of drug-likeness (QED) is 0.422. The van der Waals surface area contributed by atoms with Crippen LogP contribution in [-0.2, 0) is 13.3 Å². The summed E-state index contributed by atoms with van der Waals surface area (Å²) in [5.41, 5.74) is 10.8. The molecule has 14 heavy (non-hydrogen) atoms. The average molecular weight is 222 g/mol. The minimum absolute atomic E-state index is 0.519. The highest BCUT2D eigenvalue weighted by Gasteiger charge is 2.37. The van der Waals surface area contributed by atoms with E-state index in [9.17, 15) is 0 Å². The van der Waals surface area contributed by atoms with Crippen molar-refractivity contribution >= 4 is 8.80 Å². The Hall–Kier alpha value is 0.0169. The molecule has 0 aliphatic carbocycles. The summed E-state index contributed by atoms with van der Waals surface area (Å²) in [5.74, 6) is 0. The Bertz CT molecular complexity index is 134. The predicted octanol–water partition coefficient (Wildman–Crippen LogP) is -0.0677. The van der Waals surface area contributed by atoms with E-state index in [2.05, 4.69) is 0 Å². The zero-order valence-electron chi connectivity index (χ0n) is 9.12. The van der Waals surface area contributed by atoms with E-state index >= 15 is 0 Å². The summed E-state index contributed by atoms with van der Waals surface area (Å²) < 4.78 is 16.2. The molecule has 0 saturated heterocycles. The largest absolute Gasteiger partial charge is 0.501 e. The second-order valence-electron chi connectivity index (χ2n) is 2.97. The lowest BCUT2D eigenvalue weighted by atomic mass is 10.3. The third-order valence-corrected chi connectivity index (χ3v) is 4.78. The highest BCUT2D eigenvalue weighted by atomic mass is 28.4. The minimum atomic E-state index is -2.46. The van der Waals surface area contributed by atoms with Crippen molar-refractivity contribution in [1.29, 1.82) is 0 Å². The fourth-order valence-electron chi connectivity index (χ4n) is 1.13. The normalized spacial score (nSPS) is 12.0. The van der Waals surface area contributed by atoms with Gasteiger partial charge in [-0.05, 0) is 25.9 Å². The molecule has 0 aliphatic heterocycles. The molecule has 0 aliphatic rings. The Morgan fingerprint density at radius 1 is 1.00 bits per heavy atom. The fourth-order valence-corrected chi connectivity index (χ4v) is 2.89. The Morgan fingerprint density at radius 3 is 2.07 bits per heavy atom. The van der Waals surface area contributed by atoms with Gasteiger partial charge in [-0.25, -0.2) is 0 Å². The molecule has 0 aromatic heterocycles. The zero-order chi connectivity index (χ0) is 10.9. The van der Waals surface area contributed by atoms with Crippen molar-refractivity contribution < 1.29 is 13.3 Å². The summed E-state index contributed by atoms with van der Waals surface area (Å²) in [5, 5.41) is 0. The topological polar surface area (TPSA) is 79.7 Å². The molecule has 0 radical (unpaired) electrons. The highest BCUT2D eigenvalue weighted by molar-refractivity contribution is 6.60. The molecule has 0 saturated carbocycles. The van der Waals surface area contributed by atoms with Gasteiger partial charge in [0.1, 0.15) is 0 Å². The van der Waals surface area contributed by atoms with Gasteiger partial charge in [-0.2, -0.15) is 0 Å². The first kappa shape index (κ1) is 14.0. The zero-order valence-corrected chi connectivity index (χ0v) is 10.1. The van der Waals surface area contributed by atoms with Crippen LogP contribution in [0.4, 0.5) is 0 Å². The first-order valence-corrected chi connectivity index (χ1v) is 6.82. The van der Waals surface area contributed by atoms with Crippen LogP contribution in [0.3, 0.4) is 0 Å². The number of rotatable bonds is 9. The van der Waals surface area contributed by atoms with Crippen LogP contribution >= 0.6 is 0 Å². The van der Waals surface area contributed by atoms with E-state index in [-0.39, 0.29) is 0 Å². The van der Waals surface area contributed by atoms with E-state index in [0.29, 0.717) is 25.7 Å². The first-order chi connectivity index (χ1) is 6.74. The summed E-state index contributed by atoms with van der Waals surface area (Å²) in [4.78, 5) is 0. The van der Waals surface area contributed by atoms with Crippen molar-refractivity contribution in [2.75, 3.05) is 33.9 Å². The van der Waals surface area contributed by atoms with Crippen LogP contribution in [0, 0.1) is 0 Å². The standard InChI is InChI=1S/C8H22N2O3Si/c1-11-14(12-2,8-6-10)13-7-4-3-5-9/h3-10H2,1-2H3. The van der Waals surface area contributed by atoms with Crippen LogP contribution in [0.5, 0.6) is 0 Å². The van der Waals surface area contributed by atoms with E-state index in [0.717, 1.165) is 12.8 Å². The monoisotopic (exact) mass is 222 g/mol. The van der Waals surface area contributed by atoms with Gasteiger partial charge >= 0.3 is 8.80 Å². The molecular weight excluding hydrogens is 200 g/mol. The molecule has 0 unspecified atom stereocenters.